The average molecular weight is 430 g/mol. The molecule has 3 saturated heterocycles. The van der Waals surface area contributed by atoms with Gasteiger partial charge in [0, 0.05) is 18.4 Å². The van der Waals surface area contributed by atoms with Crippen LogP contribution >= 0.6 is 11.6 Å². The maximum absolute atomic E-state index is 12.5. The molecule has 7 N–H and O–H groups in total. The molecule has 5 rings (SSSR count). The summed E-state index contributed by atoms with van der Waals surface area (Å²) in [5, 5.41) is 3.15. The van der Waals surface area contributed by atoms with E-state index in [-0.39, 0.29) is 34.5 Å². The van der Waals surface area contributed by atoms with E-state index in [9.17, 15) is 4.79 Å². The number of quaternary nitrogens is 1. The predicted molar refractivity (Wildman–Crippen MR) is 116 cm³/mol. The number of nitrogens with zero attached hydrogens (tertiary/aromatic N) is 4. The Balaban J connectivity index is 1.46. The van der Waals surface area contributed by atoms with Crippen LogP contribution in [0.4, 0.5) is 11.6 Å². The number of nitrogen functional groups attached to an aromatic ring is 2. The van der Waals surface area contributed by atoms with Gasteiger partial charge in [-0.3, -0.25) is 4.79 Å². The van der Waals surface area contributed by atoms with Gasteiger partial charge in [0.1, 0.15) is 6.54 Å². The molecule has 10 heteroatoms. The molecular formula is C20H26ClN8O+. The number of aromatic nitrogens is 2. The third kappa shape index (κ3) is 4.17. The molecule has 0 aliphatic carbocycles. The fourth-order valence-corrected chi connectivity index (χ4v) is 4.75. The molecule has 1 atom stereocenters. The average Bonchev–Trinajstić information content (AvgIpc) is 2.71. The molecule has 0 radical (unpaired) electrons. The summed E-state index contributed by atoms with van der Waals surface area (Å²) in [6.45, 7) is 4.25. The summed E-state index contributed by atoms with van der Waals surface area (Å²) in [7, 11) is 0. The molecular weight excluding hydrogens is 404 g/mol. The van der Waals surface area contributed by atoms with Crippen LogP contribution in [0.2, 0.25) is 5.15 Å². The fraction of sp³-hybridized carbons (Fsp3) is 0.400. The van der Waals surface area contributed by atoms with E-state index < -0.39 is 5.91 Å². The van der Waals surface area contributed by atoms with Gasteiger partial charge < -0.3 is 27.0 Å². The number of guanidine groups is 1. The number of benzene rings is 1. The second-order valence-electron chi connectivity index (χ2n) is 8.14. The van der Waals surface area contributed by atoms with Crippen molar-refractivity contribution in [2.45, 2.75) is 25.4 Å². The number of rotatable bonds is 4. The van der Waals surface area contributed by atoms with Gasteiger partial charge in [-0.25, -0.2) is 9.97 Å². The van der Waals surface area contributed by atoms with Gasteiger partial charge in [0.2, 0.25) is 0 Å². The molecule has 3 fully saturated rings. The zero-order valence-electron chi connectivity index (χ0n) is 16.6. The van der Waals surface area contributed by atoms with E-state index in [4.69, 9.17) is 28.8 Å². The standard InChI is InChI=1S/C20H25ClN8O/c21-16-18(23)27-17(22)15(26-16)19(30)28-20(24)25-14-11-29(8-6-13(14)7-9-29)10-12-4-2-1-3-5-12/h1-5,13-14H,6-11H2,(H6-,22,23,24,25,27,28,30)/p+1/t13?,14-,29?/m0/s1. The van der Waals surface area contributed by atoms with Crippen molar-refractivity contribution in [3.8, 4) is 0 Å². The van der Waals surface area contributed by atoms with Crippen LogP contribution < -0.4 is 22.5 Å². The van der Waals surface area contributed by atoms with E-state index in [0.29, 0.717) is 5.92 Å². The summed E-state index contributed by atoms with van der Waals surface area (Å²) < 4.78 is 1.02. The van der Waals surface area contributed by atoms with Gasteiger partial charge in [-0.05, 0) is 5.92 Å². The van der Waals surface area contributed by atoms with Crippen LogP contribution in [-0.4, -0.2) is 52.0 Å². The summed E-state index contributed by atoms with van der Waals surface area (Å²) in [4.78, 5) is 24.1. The van der Waals surface area contributed by atoms with E-state index in [1.807, 2.05) is 6.07 Å². The van der Waals surface area contributed by atoms with E-state index in [1.165, 1.54) is 5.56 Å². The fourth-order valence-electron chi connectivity index (χ4n) is 4.63. The quantitative estimate of drug-likeness (QED) is 0.324. The highest BCUT2D eigenvalue weighted by atomic mass is 35.5. The molecule has 2 aromatic rings. The Morgan fingerprint density at radius 3 is 2.57 bits per heavy atom. The zero-order valence-corrected chi connectivity index (χ0v) is 17.3. The number of carbonyl (C=O) groups excluding carboxylic acids is 1. The highest BCUT2D eigenvalue weighted by Crippen LogP contribution is 2.35. The molecule has 2 bridgehead atoms. The van der Waals surface area contributed by atoms with Crippen molar-refractivity contribution in [1.82, 2.24) is 15.3 Å². The number of halogens is 1. The zero-order chi connectivity index (χ0) is 21.3. The number of fused-ring (bicyclic) bond motifs is 3. The minimum absolute atomic E-state index is 0.0412. The molecule has 1 amide bonds. The third-order valence-electron chi connectivity index (χ3n) is 6.13. The normalized spacial score (nSPS) is 25.8. The molecule has 1 aromatic carbocycles. The summed E-state index contributed by atoms with van der Waals surface area (Å²) in [5.74, 6) is -0.318. The Labute approximate surface area is 179 Å². The van der Waals surface area contributed by atoms with Crippen molar-refractivity contribution in [3.05, 3.63) is 46.7 Å². The van der Waals surface area contributed by atoms with Crippen molar-refractivity contribution >= 4 is 35.1 Å². The van der Waals surface area contributed by atoms with Gasteiger partial charge in [0.15, 0.2) is 28.4 Å². The lowest BCUT2D eigenvalue weighted by Gasteiger charge is -2.52. The lowest BCUT2D eigenvalue weighted by Crippen LogP contribution is -2.67. The molecule has 3 aliphatic rings. The number of aliphatic imine (C=N–C) groups is 1. The highest BCUT2D eigenvalue weighted by Gasteiger charge is 2.46. The van der Waals surface area contributed by atoms with Crippen molar-refractivity contribution < 1.29 is 9.28 Å². The number of piperidine rings is 3. The topological polar surface area (TPSA) is 145 Å². The lowest BCUT2D eigenvalue weighted by atomic mass is 9.81. The van der Waals surface area contributed by atoms with Gasteiger partial charge in [-0.15, -0.1) is 0 Å². The molecule has 1 aromatic heterocycles. The van der Waals surface area contributed by atoms with Gasteiger partial charge in [0.25, 0.3) is 0 Å². The molecule has 9 nitrogen and oxygen atoms in total. The Morgan fingerprint density at radius 1 is 1.17 bits per heavy atom. The van der Waals surface area contributed by atoms with Gasteiger partial charge in [-0.1, -0.05) is 41.9 Å². The number of nitrogens with one attached hydrogen (secondary N) is 1. The van der Waals surface area contributed by atoms with Crippen LogP contribution in [0, 0.1) is 5.92 Å². The first-order valence-electron chi connectivity index (χ1n) is 9.98. The predicted octanol–water partition coefficient (Wildman–Crippen LogP) is 1.15. The van der Waals surface area contributed by atoms with Gasteiger partial charge in [-0.2, -0.15) is 4.99 Å². The minimum atomic E-state index is -0.707. The first kappa shape index (κ1) is 20.4. The summed E-state index contributed by atoms with van der Waals surface area (Å²) in [6.07, 6.45) is 2.25. The van der Waals surface area contributed by atoms with E-state index in [2.05, 4.69) is 44.5 Å². The lowest BCUT2D eigenvalue weighted by molar-refractivity contribution is -0.956. The first-order valence-corrected chi connectivity index (χ1v) is 10.4. The number of nitrogens with two attached hydrogens (primary N) is 3. The molecule has 0 saturated carbocycles. The molecule has 0 spiro atoms. The van der Waals surface area contributed by atoms with Crippen LogP contribution in [0.5, 0.6) is 0 Å². The number of amides is 1. The van der Waals surface area contributed by atoms with E-state index in [1.54, 1.807) is 0 Å². The smallest absolute Gasteiger partial charge is 0.302 e. The molecule has 3 aliphatic heterocycles. The Kier molecular flexibility index (Phi) is 5.48. The van der Waals surface area contributed by atoms with Crippen LogP contribution in [-0.2, 0) is 6.54 Å². The van der Waals surface area contributed by atoms with Crippen molar-refractivity contribution in [2.75, 3.05) is 31.1 Å². The molecule has 158 valence electrons. The number of carbonyl (C=O) groups is 1. The summed E-state index contributed by atoms with van der Waals surface area (Å²) in [5.41, 5.74) is 18.5. The second-order valence-corrected chi connectivity index (χ2v) is 8.50. The number of anilines is 2. The minimum Gasteiger partial charge on any atom is -0.382 e. The Morgan fingerprint density at radius 2 is 1.87 bits per heavy atom. The van der Waals surface area contributed by atoms with Gasteiger partial charge >= 0.3 is 5.91 Å². The Hall–Kier alpha value is -2.91. The Bertz CT molecular complexity index is 972. The number of hydrogen-bond acceptors (Lipinski definition) is 5. The van der Waals surface area contributed by atoms with E-state index >= 15 is 0 Å². The highest BCUT2D eigenvalue weighted by molar-refractivity contribution is 6.31. The largest absolute Gasteiger partial charge is 0.382 e. The van der Waals surface area contributed by atoms with Crippen LogP contribution in [0.1, 0.15) is 28.9 Å². The van der Waals surface area contributed by atoms with Crippen LogP contribution in [0.25, 0.3) is 0 Å². The molecule has 4 heterocycles. The van der Waals surface area contributed by atoms with Crippen LogP contribution in [0.3, 0.4) is 0 Å². The van der Waals surface area contributed by atoms with Crippen molar-refractivity contribution in [3.63, 3.8) is 0 Å². The third-order valence-corrected chi connectivity index (χ3v) is 6.40. The summed E-state index contributed by atoms with van der Waals surface area (Å²) in [6, 6.07) is 10.7. The molecule has 0 unspecified atom stereocenters. The van der Waals surface area contributed by atoms with E-state index in [0.717, 1.165) is 43.5 Å². The SMILES string of the molecule is N/C(=N\C(=O)c1nc(Cl)c(N)nc1N)N[C@H]1C[N+]2(Cc3ccccc3)CCC1CC2. The first-order chi connectivity index (χ1) is 14.3. The maximum atomic E-state index is 12.5. The number of hydrogen-bond donors (Lipinski definition) is 4. The van der Waals surface area contributed by atoms with Crippen LogP contribution in [0.15, 0.2) is 35.3 Å². The maximum Gasteiger partial charge on any atom is 0.302 e. The van der Waals surface area contributed by atoms with Gasteiger partial charge in [0.05, 0.1) is 25.7 Å². The molecule has 30 heavy (non-hydrogen) atoms. The van der Waals surface area contributed by atoms with Crippen molar-refractivity contribution in [2.24, 2.45) is 16.6 Å². The summed E-state index contributed by atoms with van der Waals surface area (Å²) >= 11 is 5.84. The second kappa shape index (κ2) is 8.08. The monoisotopic (exact) mass is 429 g/mol. The van der Waals surface area contributed by atoms with Crippen molar-refractivity contribution in [1.29, 1.82) is 0 Å².